The topological polar surface area (TPSA) is 49.0 Å². The summed E-state index contributed by atoms with van der Waals surface area (Å²) in [6.45, 7) is 0.697. The molecule has 1 aliphatic rings. The summed E-state index contributed by atoms with van der Waals surface area (Å²) in [4.78, 5) is 21.4. The predicted octanol–water partition coefficient (Wildman–Crippen LogP) is 1.10. The van der Waals surface area contributed by atoms with Crippen molar-refractivity contribution in [1.82, 2.24) is 14.9 Å². The summed E-state index contributed by atoms with van der Waals surface area (Å²) in [5, 5.41) is 0. The lowest BCUT2D eigenvalue weighted by Crippen LogP contribution is -2.23. The molecule has 1 aliphatic carbocycles. The van der Waals surface area contributed by atoms with Gasteiger partial charge in [0.1, 0.15) is 5.82 Å². The van der Waals surface area contributed by atoms with Crippen LogP contribution in [0.4, 0.5) is 0 Å². The first-order valence-electron chi connectivity index (χ1n) is 5.92. The molecular formula is C12H19N3O. The summed E-state index contributed by atoms with van der Waals surface area (Å²) >= 11 is 0. The molecule has 88 valence electrons. The van der Waals surface area contributed by atoms with Crippen LogP contribution in [0, 0.1) is 0 Å². The number of nitrogens with zero attached hydrogens (tertiary/aromatic N) is 2. The number of aromatic nitrogens is 2. The highest BCUT2D eigenvalue weighted by atomic mass is 16.1. The molecule has 0 fully saturated rings. The number of fused-ring (bicyclic) bond motifs is 1. The van der Waals surface area contributed by atoms with Crippen LogP contribution in [0.2, 0.25) is 0 Å². The molecule has 1 aromatic rings. The van der Waals surface area contributed by atoms with E-state index in [2.05, 4.69) is 9.97 Å². The molecule has 0 atom stereocenters. The Morgan fingerprint density at radius 2 is 2.00 bits per heavy atom. The lowest BCUT2D eigenvalue weighted by molar-refractivity contribution is 0.388. The van der Waals surface area contributed by atoms with Gasteiger partial charge in [0, 0.05) is 5.56 Å². The van der Waals surface area contributed by atoms with Gasteiger partial charge in [-0.05, 0) is 39.8 Å². The fraction of sp³-hybridized carbons (Fsp3) is 0.667. The zero-order valence-corrected chi connectivity index (χ0v) is 10.0. The molecule has 0 aliphatic heterocycles. The van der Waals surface area contributed by atoms with Gasteiger partial charge in [-0.15, -0.1) is 0 Å². The second-order valence-corrected chi connectivity index (χ2v) is 4.74. The third-order valence-corrected chi connectivity index (χ3v) is 2.96. The molecule has 16 heavy (non-hydrogen) atoms. The molecule has 0 saturated carbocycles. The second kappa shape index (κ2) is 4.78. The Balaban J connectivity index is 2.36. The molecule has 0 radical (unpaired) electrons. The van der Waals surface area contributed by atoms with Crippen LogP contribution >= 0.6 is 0 Å². The van der Waals surface area contributed by atoms with Crippen LogP contribution in [0.25, 0.3) is 0 Å². The first-order valence-corrected chi connectivity index (χ1v) is 5.92. The van der Waals surface area contributed by atoms with Gasteiger partial charge in [-0.25, -0.2) is 4.98 Å². The van der Waals surface area contributed by atoms with E-state index in [9.17, 15) is 4.79 Å². The van der Waals surface area contributed by atoms with E-state index >= 15 is 0 Å². The summed E-state index contributed by atoms with van der Waals surface area (Å²) < 4.78 is 0. The van der Waals surface area contributed by atoms with E-state index in [-0.39, 0.29) is 5.56 Å². The molecule has 0 saturated heterocycles. The molecule has 1 aromatic heterocycles. The maximum Gasteiger partial charge on any atom is 0.254 e. The van der Waals surface area contributed by atoms with E-state index in [1.807, 2.05) is 19.0 Å². The SMILES string of the molecule is CN(C)Cc1nc2c(c(=O)[nH]1)CCCCC2. The molecule has 0 aromatic carbocycles. The number of aromatic amines is 1. The normalized spacial score (nSPS) is 15.9. The van der Waals surface area contributed by atoms with Crippen molar-refractivity contribution in [3.05, 3.63) is 27.4 Å². The third kappa shape index (κ3) is 2.50. The Bertz CT molecular complexity index is 423. The Hall–Kier alpha value is -1.16. The van der Waals surface area contributed by atoms with E-state index in [1.165, 1.54) is 6.42 Å². The molecule has 0 amide bonds. The predicted molar refractivity (Wildman–Crippen MR) is 63.5 cm³/mol. The largest absolute Gasteiger partial charge is 0.309 e. The second-order valence-electron chi connectivity index (χ2n) is 4.74. The Morgan fingerprint density at radius 3 is 2.75 bits per heavy atom. The van der Waals surface area contributed by atoms with Crippen molar-refractivity contribution in [3.63, 3.8) is 0 Å². The van der Waals surface area contributed by atoms with Gasteiger partial charge in [-0.2, -0.15) is 0 Å². The van der Waals surface area contributed by atoms with Crippen LogP contribution in [0.5, 0.6) is 0 Å². The maximum absolute atomic E-state index is 11.9. The molecule has 2 rings (SSSR count). The molecule has 1 N–H and O–H groups in total. The third-order valence-electron chi connectivity index (χ3n) is 2.96. The van der Waals surface area contributed by atoms with E-state index in [4.69, 9.17) is 0 Å². The van der Waals surface area contributed by atoms with Gasteiger partial charge in [0.25, 0.3) is 5.56 Å². The monoisotopic (exact) mass is 221 g/mol. The highest BCUT2D eigenvalue weighted by Crippen LogP contribution is 2.15. The van der Waals surface area contributed by atoms with Crippen molar-refractivity contribution in [1.29, 1.82) is 0 Å². The van der Waals surface area contributed by atoms with Crippen molar-refractivity contribution in [2.24, 2.45) is 0 Å². The van der Waals surface area contributed by atoms with Crippen molar-refractivity contribution < 1.29 is 0 Å². The zero-order chi connectivity index (χ0) is 11.5. The number of hydrogen-bond acceptors (Lipinski definition) is 3. The summed E-state index contributed by atoms with van der Waals surface area (Å²) in [7, 11) is 3.96. The minimum absolute atomic E-state index is 0.0729. The molecular weight excluding hydrogens is 202 g/mol. The Labute approximate surface area is 95.7 Å². The van der Waals surface area contributed by atoms with E-state index < -0.39 is 0 Å². The van der Waals surface area contributed by atoms with Gasteiger partial charge in [0.05, 0.1) is 12.2 Å². The van der Waals surface area contributed by atoms with Gasteiger partial charge in [0.15, 0.2) is 0 Å². The smallest absolute Gasteiger partial charge is 0.254 e. The molecule has 1 heterocycles. The van der Waals surface area contributed by atoms with Crippen molar-refractivity contribution in [3.8, 4) is 0 Å². The fourth-order valence-electron chi connectivity index (χ4n) is 2.21. The van der Waals surface area contributed by atoms with Crippen molar-refractivity contribution in [2.45, 2.75) is 38.6 Å². The average Bonchev–Trinajstić information content (AvgIpc) is 2.41. The van der Waals surface area contributed by atoms with Crippen LogP contribution in [-0.4, -0.2) is 29.0 Å². The molecule has 4 heteroatoms. The molecule has 4 nitrogen and oxygen atoms in total. The van der Waals surface area contributed by atoms with E-state index in [1.54, 1.807) is 0 Å². The molecule has 0 unspecified atom stereocenters. The van der Waals surface area contributed by atoms with Gasteiger partial charge >= 0.3 is 0 Å². The van der Waals surface area contributed by atoms with Crippen LogP contribution < -0.4 is 5.56 Å². The van der Waals surface area contributed by atoms with Crippen LogP contribution in [0.3, 0.4) is 0 Å². The summed E-state index contributed by atoms with van der Waals surface area (Å²) in [6, 6.07) is 0. The summed E-state index contributed by atoms with van der Waals surface area (Å²) in [5.74, 6) is 0.788. The van der Waals surface area contributed by atoms with Crippen LogP contribution in [0.1, 0.15) is 36.3 Å². The molecule has 0 spiro atoms. The first-order chi connectivity index (χ1) is 7.66. The van der Waals surface area contributed by atoms with Gasteiger partial charge in [-0.1, -0.05) is 6.42 Å². The van der Waals surface area contributed by atoms with Gasteiger partial charge < -0.3 is 9.88 Å². The highest BCUT2D eigenvalue weighted by molar-refractivity contribution is 5.19. The van der Waals surface area contributed by atoms with E-state index in [0.717, 1.165) is 42.8 Å². The average molecular weight is 221 g/mol. The number of aryl methyl sites for hydroxylation is 1. The quantitative estimate of drug-likeness (QED) is 0.761. The molecule has 0 bridgehead atoms. The van der Waals surface area contributed by atoms with E-state index in [0.29, 0.717) is 6.54 Å². The van der Waals surface area contributed by atoms with Crippen LogP contribution in [-0.2, 0) is 19.4 Å². The van der Waals surface area contributed by atoms with Crippen LogP contribution in [0.15, 0.2) is 4.79 Å². The fourth-order valence-corrected chi connectivity index (χ4v) is 2.21. The number of rotatable bonds is 2. The standard InChI is InChI=1S/C12H19N3O/c1-15(2)8-11-13-10-7-5-3-4-6-9(10)12(16)14-11/h3-8H2,1-2H3,(H,13,14,16). The minimum Gasteiger partial charge on any atom is -0.309 e. The number of H-pyrrole nitrogens is 1. The number of nitrogens with one attached hydrogen (secondary N) is 1. The summed E-state index contributed by atoms with van der Waals surface area (Å²) in [6.07, 6.45) is 5.33. The first kappa shape index (κ1) is 11.3. The van der Waals surface area contributed by atoms with Crippen molar-refractivity contribution >= 4 is 0 Å². The van der Waals surface area contributed by atoms with Crippen molar-refractivity contribution in [2.75, 3.05) is 14.1 Å². The lowest BCUT2D eigenvalue weighted by atomic mass is 10.1. The maximum atomic E-state index is 11.9. The number of hydrogen-bond donors (Lipinski definition) is 1. The minimum atomic E-state index is 0.0729. The Kier molecular flexibility index (Phi) is 3.39. The van der Waals surface area contributed by atoms with Gasteiger partial charge in [-0.3, -0.25) is 4.79 Å². The zero-order valence-electron chi connectivity index (χ0n) is 10.0. The lowest BCUT2D eigenvalue weighted by Gasteiger charge is -2.11. The Morgan fingerprint density at radius 1 is 1.25 bits per heavy atom. The highest BCUT2D eigenvalue weighted by Gasteiger charge is 2.14. The summed E-state index contributed by atoms with van der Waals surface area (Å²) in [5.41, 5.74) is 2.02. The van der Waals surface area contributed by atoms with Gasteiger partial charge in [0.2, 0.25) is 0 Å².